The normalized spacial score (nSPS) is 15.8. The molecule has 29 heavy (non-hydrogen) atoms. The molecule has 0 aliphatic carbocycles. The lowest BCUT2D eigenvalue weighted by atomic mass is 9.95. The number of fused-ring (bicyclic) bond motifs is 1. The molecule has 1 atom stereocenters. The molecule has 1 unspecified atom stereocenters. The molecule has 2 heterocycles. The van der Waals surface area contributed by atoms with Gasteiger partial charge in [0, 0.05) is 36.8 Å². The highest BCUT2D eigenvalue weighted by Crippen LogP contribution is 2.37. The number of nitro groups is 1. The number of anilines is 1. The Bertz CT molecular complexity index is 932. The van der Waals surface area contributed by atoms with E-state index < -0.39 is 16.9 Å². The highest BCUT2D eigenvalue weighted by Gasteiger charge is 2.33. The van der Waals surface area contributed by atoms with E-state index in [2.05, 4.69) is 29.0 Å². The molecule has 0 amide bonds. The number of carbonyl (C=O) groups is 1. The summed E-state index contributed by atoms with van der Waals surface area (Å²) in [6.07, 6.45) is 3.36. The Morgan fingerprint density at radius 1 is 1.38 bits per heavy atom. The molecule has 9 nitrogen and oxygen atoms in total. The standard InChI is InChI=1S/C20H25N5O4/c1-4-23(5-2)11-12-29-19(26)17-14(3)22-20-21-9-10-24(20)18(17)15-7-6-8-16(13-15)25(27)28/h6-10,13,18H,4-5,11-12H2,1-3H3,(H,21,22). The summed E-state index contributed by atoms with van der Waals surface area (Å²) in [7, 11) is 0. The molecular weight excluding hydrogens is 374 g/mol. The van der Waals surface area contributed by atoms with Crippen LogP contribution in [0, 0.1) is 10.1 Å². The summed E-state index contributed by atoms with van der Waals surface area (Å²) in [5.74, 6) is 0.122. The molecule has 1 N–H and O–H groups in total. The summed E-state index contributed by atoms with van der Waals surface area (Å²) >= 11 is 0. The highest BCUT2D eigenvalue weighted by atomic mass is 16.6. The zero-order chi connectivity index (χ0) is 21.0. The predicted molar refractivity (Wildman–Crippen MR) is 109 cm³/mol. The number of rotatable bonds is 8. The summed E-state index contributed by atoms with van der Waals surface area (Å²) in [5, 5.41) is 14.4. The fourth-order valence-corrected chi connectivity index (χ4v) is 3.48. The molecule has 0 radical (unpaired) electrons. The average molecular weight is 399 g/mol. The average Bonchev–Trinajstić information content (AvgIpc) is 3.18. The molecule has 0 fully saturated rings. The fraction of sp³-hybridized carbons (Fsp3) is 0.400. The summed E-state index contributed by atoms with van der Waals surface area (Å²) in [6, 6.07) is 5.73. The number of hydrogen-bond donors (Lipinski definition) is 1. The summed E-state index contributed by atoms with van der Waals surface area (Å²) in [4.78, 5) is 30.2. The summed E-state index contributed by atoms with van der Waals surface area (Å²) in [6.45, 7) is 8.58. The van der Waals surface area contributed by atoms with Crippen LogP contribution in [0.1, 0.15) is 32.4 Å². The number of carbonyl (C=O) groups excluding carboxylic acids is 1. The molecule has 9 heteroatoms. The number of benzene rings is 1. The minimum Gasteiger partial charge on any atom is -0.461 e. The maximum Gasteiger partial charge on any atom is 0.338 e. The number of aromatic nitrogens is 2. The van der Waals surface area contributed by atoms with E-state index in [1.54, 1.807) is 36.0 Å². The molecule has 0 spiro atoms. The zero-order valence-corrected chi connectivity index (χ0v) is 16.8. The van der Waals surface area contributed by atoms with Crippen molar-refractivity contribution in [3.8, 4) is 0 Å². The van der Waals surface area contributed by atoms with Crippen molar-refractivity contribution in [1.29, 1.82) is 0 Å². The first kappa shape index (κ1) is 20.5. The van der Waals surface area contributed by atoms with E-state index in [4.69, 9.17) is 4.74 Å². The number of non-ortho nitro benzene ring substituents is 1. The Labute approximate surface area is 169 Å². The molecule has 1 aliphatic rings. The lowest BCUT2D eigenvalue weighted by Crippen LogP contribution is -2.31. The maximum absolute atomic E-state index is 13.0. The third kappa shape index (κ3) is 4.29. The van der Waals surface area contributed by atoms with Gasteiger partial charge in [0.1, 0.15) is 6.61 Å². The number of imidazole rings is 1. The van der Waals surface area contributed by atoms with Gasteiger partial charge in [-0.25, -0.2) is 9.78 Å². The number of nitro benzene ring substituents is 1. The van der Waals surface area contributed by atoms with Crippen molar-refractivity contribution in [3.63, 3.8) is 0 Å². The zero-order valence-electron chi connectivity index (χ0n) is 16.8. The largest absolute Gasteiger partial charge is 0.461 e. The van der Waals surface area contributed by atoms with Crippen LogP contribution in [0.4, 0.5) is 11.6 Å². The quantitative estimate of drug-likeness (QED) is 0.413. The third-order valence-electron chi connectivity index (χ3n) is 5.08. The van der Waals surface area contributed by atoms with Crippen LogP contribution in [0.25, 0.3) is 0 Å². The smallest absolute Gasteiger partial charge is 0.338 e. The van der Waals surface area contributed by atoms with Gasteiger partial charge < -0.3 is 19.5 Å². The highest BCUT2D eigenvalue weighted by molar-refractivity contribution is 5.92. The monoisotopic (exact) mass is 399 g/mol. The second-order valence-electron chi connectivity index (χ2n) is 6.74. The van der Waals surface area contributed by atoms with Crippen molar-refractivity contribution in [2.24, 2.45) is 0 Å². The van der Waals surface area contributed by atoms with E-state index in [9.17, 15) is 14.9 Å². The molecule has 0 bridgehead atoms. The van der Waals surface area contributed by atoms with Crippen LogP contribution in [0.2, 0.25) is 0 Å². The van der Waals surface area contributed by atoms with Gasteiger partial charge in [0.05, 0.1) is 16.5 Å². The number of ether oxygens (including phenoxy) is 1. The van der Waals surface area contributed by atoms with E-state index in [1.807, 2.05) is 0 Å². The van der Waals surface area contributed by atoms with Crippen LogP contribution in [-0.2, 0) is 9.53 Å². The van der Waals surface area contributed by atoms with Crippen LogP contribution in [-0.4, -0.2) is 51.6 Å². The molecular formula is C20H25N5O4. The SMILES string of the molecule is CCN(CC)CCOC(=O)C1=C(C)Nc2nccn2C1c1cccc([N+](=O)[O-])c1. The topological polar surface area (TPSA) is 103 Å². The van der Waals surface area contributed by atoms with Crippen molar-refractivity contribution in [2.45, 2.75) is 26.8 Å². The lowest BCUT2D eigenvalue weighted by Gasteiger charge is -2.29. The van der Waals surface area contributed by atoms with Crippen molar-refractivity contribution in [1.82, 2.24) is 14.5 Å². The lowest BCUT2D eigenvalue weighted by molar-refractivity contribution is -0.384. The summed E-state index contributed by atoms with van der Waals surface area (Å²) < 4.78 is 7.35. The molecule has 1 aromatic heterocycles. The minimum absolute atomic E-state index is 0.0328. The number of likely N-dealkylation sites (N-methyl/N-ethyl adjacent to an activating group) is 1. The van der Waals surface area contributed by atoms with E-state index in [1.165, 1.54) is 12.1 Å². The molecule has 0 saturated carbocycles. The molecule has 3 rings (SSSR count). The van der Waals surface area contributed by atoms with Crippen LogP contribution >= 0.6 is 0 Å². The van der Waals surface area contributed by atoms with Crippen LogP contribution in [0.3, 0.4) is 0 Å². The van der Waals surface area contributed by atoms with Crippen LogP contribution in [0.5, 0.6) is 0 Å². The van der Waals surface area contributed by atoms with Gasteiger partial charge in [0.15, 0.2) is 0 Å². The number of nitrogens with one attached hydrogen (secondary N) is 1. The number of allylic oxidation sites excluding steroid dienone is 1. The predicted octanol–water partition coefficient (Wildman–Crippen LogP) is 2.97. The molecule has 154 valence electrons. The Balaban J connectivity index is 1.92. The minimum atomic E-state index is -0.561. The van der Waals surface area contributed by atoms with Gasteiger partial charge in [-0.1, -0.05) is 26.0 Å². The Hall–Kier alpha value is -3.20. The van der Waals surface area contributed by atoms with Crippen molar-refractivity contribution >= 4 is 17.6 Å². The molecule has 1 aromatic carbocycles. The second kappa shape index (κ2) is 8.87. The first-order chi connectivity index (χ1) is 14.0. The van der Waals surface area contributed by atoms with Crippen molar-refractivity contribution in [2.75, 3.05) is 31.6 Å². The van der Waals surface area contributed by atoms with Gasteiger partial charge in [-0.2, -0.15) is 0 Å². The van der Waals surface area contributed by atoms with Crippen LogP contribution in [0.15, 0.2) is 47.9 Å². The van der Waals surface area contributed by atoms with Gasteiger partial charge in [0.2, 0.25) is 5.95 Å². The van der Waals surface area contributed by atoms with Crippen molar-refractivity contribution < 1.29 is 14.5 Å². The molecule has 0 saturated heterocycles. The maximum atomic E-state index is 13.0. The van der Waals surface area contributed by atoms with Gasteiger partial charge in [-0.05, 0) is 25.6 Å². The van der Waals surface area contributed by atoms with Crippen molar-refractivity contribution in [3.05, 3.63) is 63.6 Å². The first-order valence-electron chi connectivity index (χ1n) is 9.60. The summed E-state index contributed by atoms with van der Waals surface area (Å²) in [5.41, 5.74) is 1.62. The van der Waals surface area contributed by atoms with E-state index in [-0.39, 0.29) is 12.3 Å². The van der Waals surface area contributed by atoms with Gasteiger partial charge in [-0.15, -0.1) is 0 Å². The van der Waals surface area contributed by atoms with Gasteiger partial charge in [-0.3, -0.25) is 10.1 Å². The Kier molecular flexibility index (Phi) is 6.28. The number of esters is 1. The fourth-order valence-electron chi connectivity index (χ4n) is 3.48. The number of nitrogens with zero attached hydrogens (tertiary/aromatic N) is 4. The van der Waals surface area contributed by atoms with E-state index in [0.29, 0.717) is 29.3 Å². The first-order valence-corrected chi connectivity index (χ1v) is 9.60. The Morgan fingerprint density at radius 2 is 2.14 bits per heavy atom. The van der Waals surface area contributed by atoms with E-state index in [0.717, 1.165) is 13.1 Å². The van der Waals surface area contributed by atoms with Gasteiger partial charge in [0.25, 0.3) is 5.69 Å². The number of hydrogen-bond acceptors (Lipinski definition) is 7. The molecule has 2 aromatic rings. The third-order valence-corrected chi connectivity index (χ3v) is 5.08. The van der Waals surface area contributed by atoms with Gasteiger partial charge >= 0.3 is 5.97 Å². The van der Waals surface area contributed by atoms with Crippen LogP contribution < -0.4 is 5.32 Å². The Morgan fingerprint density at radius 3 is 2.83 bits per heavy atom. The molecule has 1 aliphatic heterocycles. The second-order valence-corrected chi connectivity index (χ2v) is 6.74. The van der Waals surface area contributed by atoms with E-state index >= 15 is 0 Å².